The number of anilines is 1. The van der Waals surface area contributed by atoms with Crippen molar-refractivity contribution >= 4 is 31.7 Å². The second kappa shape index (κ2) is 6.31. The third-order valence-electron chi connectivity index (χ3n) is 2.55. The Balaban J connectivity index is 2.08. The lowest BCUT2D eigenvalue weighted by Gasteiger charge is -2.07. The van der Waals surface area contributed by atoms with Crippen LogP contribution in [0.4, 0.5) is 5.69 Å². The number of benzene rings is 2. The first kappa shape index (κ1) is 12.8. The zero-order chi connectivity index (χ0) is 12.8. The van der Waals surface area contributed by atoms with Crippen LogP contribution in [0.3, 0.4) is 0 Å². The molecule has 0 aromatic heterocycles. The van der Waals surface area contributed by atoms with E-state index in [-0.39, 0.29) is 0 Å². The van der Waals surface area contributed by atoms with E-state index in [1.54, 1.807) is 17.8 Å². The summed E-state index contributed by atoms with van der Waals surface area (Å²) in [5.41, 5.74) is 2.37. The summed E-state index contributed by atoms with van der Waals surface area (Å²) >= 11 is 1.75. The van der Waals surface area contributed by atoms with Crippen LogP contribution in [0.2, 0.25) is 0 Å². The largest absolute Gasteiger partial charge is 0.437 e. The monoisotopic (exact) mass is 253 g/mol. The van der Waals surface area contributed by atoms with Gasteiger partial charge in [0, 0.05) is 21.9 Å². The van der Waals surface area contributed by atoms with Crippen LogP contribution in [0.1, 0.15) is 15.9 Å². The molecule has 0 amide bonds. The Kier molecular flexibility index (Phi) is 4.48. The number of carbonyl (C=O) groups excluding carboxylic acids is 1. The molecular formula is C14H12BNOS. The highest BCUT2D eigenvalue weighted by atomic mass is 32.2. The molecule has 0 heterocycles. The summed E-state index contributed by atoms with van der Waals surface area (Å²) in [6, 6.07) is 15.8. The molecule has 0 saturated heterocycles. The third kappa shape index (κ3) is 3.17. The van der Waals surface area contributed by atoms with E-state index in [2.05, 4.69) is 17.4 Å². The third-order valence-corrected chi connectivity index (χ3v) is 3.63. The normalized spacial score (nSPS) is 10.0. The highest BCUT2D eigenvalue weighted by Gasteiger charge is 2.02. The van der Waals surface area contributed by atoms with E-state index < -0.39 is 0 Å². The average molecular weight is 253 g/mol. The maximum Gasteiger partial charge on any atom is 0.222 e. The summed E-state index contributed by atoms with van der Waals surface area (Å²) in [5, 5.41) is 2.54. The number of hydrogen-bond acceptors (Lipinski definition) is 3. The Bertz CT molecular complexity index is 531. The summed E-state index contributed by atoms with van der Waals surface area (Å²) < 4.78 is 0. The molecule has 0 fully saturated rings. The molecule has 18 heavy (non-hydrogen) atoms. The van der Waals surface area contributed by atoms with Gasteiger partial charge in [-0.15, -0.1) is 11.8 Å². The van der Waals surface area contributed by atoms with Gasteiger partial charge in [0.25, 0.3) is 0 Å². The van der Waals surface area contributed by atoms with Gasteiger partial charge in [0.2, 0.25) is 7.98 Å². The number of aldehydes is 1. The molecule has 0 saturated carbocycles. The van der Waals surface area contributed by atoms with Crippen molar-refractivity contribution in [1.82, 2.24) is 0 Å². The predicted octanol–water partition coefficient (Wildman–Crippen LogP) is 3.29. The van der Waals surface area contributed by atoms with Crippen LogP contribution in [0.5, 0.6) is 0 Å². The molecule has 0 unspecified atom stereocenters. The summed E-state index contributed by atoms with van der Waals surface area (Å²) in [7, 11) is 5.39. The molecule has 2 rings (SSSR count). The van der Waals surface area contributed by atoms with Gasteiger partial charge in [-0.05, 0) is 29.8 Å². The first-order valence-electron chi connectivity index (χ1n) is 5.56. The van der Waals surface area contributed by atoms with Crippen molar-refractivity contribution in [2.24, 2.45) is 0 Å². The molecule has 0 aliphatic heterocycles. The van der Waals surface area contributed by atoms with Crippen molar-refractivity contribution in [3.63, 3.8) is 0 Å². The van der Waals surface area contributed by atoms with Crippen molar-refractivity contribution in [1.29, 1.82) is 0 Å². The SMILES string of the molecule is [B]Nc1cc(CSc2ccccc2)ccc1C=O. The highest BCUT2D eigenvalue weighted by Crippen LogP contribution is 2.24. The van der Waals surface area contributed by atoms with E-state index in [9.17, 15) is 4.79 Å². The summed E-state index contributed by atoms with van der Waals surface area (Å²) in [4.78, 5) is 12.0. The maximum absolute atomic E-state index is 10.8. The van der Waals surface area contributed by atoms with Gasteiger partial charge in [0.1, 0.15) is 0 Å². The van der Waals surface area contributed by atoms with Crippen LogP contribution in [-0.2, 0) is 5.75 Å². The lowest BCUT2D eigenvalue weighted by Crippen LogP contribution is -1.97. The minimum atomic E-state index is 0.575. The lowest BCUT2D eigenvalue weighted by atomic mass is 10.1. The first-order chi connectivity index (χ1) is 8.83. The van der Waals surface area contributed by atoms with E-state index in [1.807, 2.05) is 30.3 Å². The van der Waals surface area contributed by atoms with Crippen LogP contribution in [0, 0.1) is 0 Å². The van der Waals surface area contributed by atoms with Crippen LogP contribution in [0.15, 0.2) is 53.4 Å². The van der Waals surface area contributed by atoms with E-state index in [0.717, 1.165) is 17.6 Å². The second-order valence-corrected chi connectivity index (χ2v) is 4.83. The van der Waals surface area contributed by atoms with Gasteiger partial charge < -0.3 is 5.23 Å². The zero-order valence-electron chi connectivity index (χ0n) is 9.80. The standard InChI is InChI=1S/C14H12BNOS/c15-16-14-8-11(6-7-12(14)9-17)10-18-13-4-2-1-3-5-13/h1-9,16H,10H2. The fourth-order valence-electron chi connectivity index (χ4n) is 1.60. The Hall–Kier alpha value is -1.68. The summed E-state index contributed by atoms with van der Waals surface area (Å²) in [5.74, 6) is 0.845. The lowest BCUT2D eigenvalue weighted by molar-refractivity contribution is 0.112. The molecule has 0 aliphatic carbocycles. The van der Waals surface area contributed by atoms with Gasteiger partial charge in [-0.1, -0.05) is 24.3 Å². The minimum absolute atomic E-state index is 0.575. The number of rotatable bonds is 5. The molecule has 0 spiro atoms. The molecule has 88 valence electrons. The molecular weight excluding hydrogens is 241 g/mol. The topological polar surface area (TPSA) is 29.1 Å². The van der Waals surface area contributed by atoms with Crippen LogP contribution < -0.4 is 5.23 Å². The van der Waals surface area contributed by atoms with E-state index >= 15 is 0 Å². The van der Waals surface area contributed by atoms with E-state index in [0.29, 0.717) is 11.3 Å². The Labute approximate surface area is 112 Å². The van der Waals surface area contributed by atoms with Crippen molar-refractivity contribution in [2.45, 2.75) is 10.6 Å². The predicted molar refractivity (Wildman–Crippen MR) is 77.2 cm³/mol. The molecule has 2 nitrogen and oxygen atoms in total. The van der Waals surface area contributed by atoms with Crippen molar-refractivity contribution in [3.8, 4) is 0 Å². The number of carbonyl (C=O) groups is 1. The number of nitrogens with one attached hydrogen (secondary N) is 1. The van der Waals surface area contributed by atoms with E-state index in [1.165, 1.54) is 4.90 Å². The maximum atomic E-state index is 10.8. The Morgan fingerprint density at radius 3 is 2.61 bits per heavy atom. The molecule has 0 bridgehead atoms. The molecule has 0 aliphatic rings. The van der Waals surface area contributed by atoms with Gasteiger partial charge in [-0.3, -0.25) is 4.79 Å². The fraction of sp³-hybridized carbons (Fsp3) is 0.0714. The van der Waals surface area contributed by atoms with Crippen molar-refractivity contribution in [2.75, 3.05) is 5.23 Å². The van der Waals surface area contributed by atoms with Crippen LogP contribution in [-0.4, -0.2) is 14.3 Å². The van der Waals surface area contributed by atoms with Crippen LogP contribution >= 0.6 is 11.8 Å². The second-order valence-electron chi connectivity index (χ2n) is 3.79. The Morgan fingerprint density at radius 2 is 1.94 bits per heavy atom. The Morgan fingerprint density at radius 1 is 1.17 bits per heavy atom. The molecule has 2 aromatic carbocycles. The van der Waals surface area contributed by atoms with Crippen LogP contribution in [0.25, 0.3) is 0 Å². The fourth-order valence-corrected chi connectivity index (χ4v) is 2.47. The summed E-state index contributed by atoms with van der Waals surface area (Å²) in [6.45, 7) is 0. The molecule has 2 aromatic rings. The molecule has 2 radical (unpaired) electrons. The number of thioether (sulfide) groups is 1. The first-order valence-corrected chi connectivity index (χ1v) is 6.54. The van der Waals surface area contributed by atoms with E-state index in [4.69, 9.17) is 7.98 Å². The van der Waals surface area contributed by atoms with Gasteiger partial charge in [0.15, 0.2) is 6.29 Å². The van der Waals surface area contributed by atoms with Gasteiger partial charge in [-0.2, -0.15) is 0 Å². The zero-order valence-corrected chi connectivity index (χ0v) is 10.6. The van der Waals surface area contributed by atoms with Crippen molar-refractivity contribution in [3.05, 3.63) is 59.7 Å². The van der Waals surface area contributed by atoms with Gasteiger partial charge in [-0.25, -0.2) is 0 Å². The molecule has 1 N–H and O–H groups in total. The smallest absolute Gasteiger partial charge is 0.222 e. The average Bonchev–Trinajstić information content (AvgIpc) is 2.45. The molecule has 0 atom stereocenters. The molecule has 4 heteroatoms. The summed E-state index contributed by atoms with van der Waals surface area (Å²) in [6.07, 6.45) is 0.795. The minimum Gasteiger partial charge on any atom is -0.437 e. The highest BCUT2D eigenvalue weighted by molar-refractivity contribution is 7.98. The quantitative estimate of drug-likeness (QED) is 0.503. The van der Waals surface area contributed by atoms with Gasteiger partial charge in [0.05, 0.1) is 0 Å². The number of hydrogen-bond donors (Lipinski definition) is 1. The van der Waals surface area contributed by atoms with Gasteiger partial charge >= 0.3 is 0 Å². The van der Waals surface area contributed by atoms with Crippen molar-refractivity contribution < 1.29 is 4.79 Å².